The number of hydrogen-bond donors (Lipinski definition) is 0. The summed E-state index contributed by atoms with van der Waals surface area (Å²) in [5.41, 5.74) is 4.45. The molecule has 0 radical (unpaired) electrons. The smallest absolute Gasteiger partial charge is 0.339 e. The summed E-state index contributed by atoms with van der Waals surface area (Å²) >= 11 is 0. The third kappa shape index (κ3) is 7.22. The van der Waals surface area contributed by atoms with Crippen LogP contribution in [0.5, 0.6) is 5.75 Å². The van der Waals surface area contributed by atoms with Crippen molar-refractivity contribution in [2.45, 2.75) is 85.0 Å². The monoisotopic (exact) mass is 507 g/mol. The van der Waals surface area contributed by atoms with Crippen molar-refractivity contribution < 1.29 is 19.0 Å². The minimum absolute atomic E-state index is 0.0377. The number of rotatable bonds is 10. The Labute approximate surface area is 220 Å². The highest BCUT2D eigenvalue weighted by Gasteiger charge is 2.31. The molecule has 0 saturated heterocycles. The average molecular weight is 508 g/mol. The van der Waals surface area contributed by atoms with Crippen molar-refractivity contribution in [1.82, 2.24) is 4.57 Å². The van der Waals surface area contributed by atoms with Crippen molar-refractivity contribution >= 4 is 17.1 Å². The molecule has 2 heterocycles. The molecule has 200 valence electrons. The Morgan fingerprint density at radius 1 is 1.16 bits per heavy atom. The molecule has 0 amide bonds. The van der Waals surface area contributed by atoms with Gasteiger partial charge in [-0.25, -0.2) is 4.79 Å². The van der Waals surface area contributed by atoms with E-state index >= 15 is 0 Å². The molecule has 0 saturated carbocycles. The first-order valence-electron chi connectivity index (χ1n) is 13.2. The number of unbranched alkanes of at least 4 members (excludes halogenated alkanes) is 2. The number of pyridine rings is 1. The van der Waals surface area contributed by atoms with Gasteiger partial charge in [0, 0.05) is 18.8 Å². The number of benzene rings is 1. The van der Waals surface area contributed by atoms with Crippen molar-refractivity contribution in [1.29, 1.82) is 0 Å². The average Bonchev–Trinajstić information content (AvgIpc) is 2.87. The summed E-state index contributed by atoms with van der Waals surface area (Å²) < 4.78 is 18.9. The number of nitrogens with zero attached hydrogens (tertiary/aromatic N) is 1. The zero-order valence-electron chi connectivity index (χ0n) is 23.2. The van der Waals surface area contributed by atoms with Crippen LogP contribution >= 0.6 is 0 Å². The zero-order chi connectivity index (χ0) is 27.2. The summed E-state index contributed by atoms with van der Waals surface area (Å²) in [7, 11) is 1.37. The topological polar surface area (TPSA) is 66.8 Å². The van der Waals surface area contributed by atoms with E-state index < -0.39 is 17.7 Å². The lowest BCUT2D eigenvalue weighted by Gasteiger charge is -2.29. The number of fused-ring (bicyclic) bond motifs is 1. The summed E-state index contributed by atoms with van der Waals surface area (Å²) in [6.07, 6.45) is 5.90. The highest BCUT2D eigenvalue weighted by molar-refractivity contribution is 6.06. The number of aromatic nitrogens is 1. The molecular formula is C31H41NO5. The van der Waals surface area contributed by atoms with Crippen LogP contribution in [0.2, 0.25) is 0 Å². The molecule has 1 aliphatic heterocycles. The number of methoxy groups -OCH3 is 1. The fourth-order valence-corrected chi connectivity index (χ4v) is 4.62. The summed E-state index contributed by atoms with van der Waals surface area (Å²) in [6.45, 7) is 15.6. The van der Waals surface area contributed by atoms with Gasteiger partial charge in [-0.1, -0.05) is 32.4 Å². The number of ether oxygens (including phenoxy) is 3. The van der Waals surface area contributed by atoms with Gasteiger partial charge in [0.2, 0.25) is 0 Å². The minimum atomic E-state index is -0.917. The van der Waals surface area contributed by atoms with Gasteiger partial charge in [-0.3, -0.25) is 4.79 Å². The molecule has 37 heavy (non-hydrogen) atoms. The molecule has 1 unspecified atom stereocenters. The lowest BCUT2D eigenvalue weighted by atomic mass is 9.87. The predicted molar refractivity (Wildman–Crippen MR) is 149 cm³/mol. The van der Waals surface area contributed by atoms with Gasteiger partial charge in [0.1, 0.15) is 5.75 Å². The first kappa shape index (κ1) is 28.5. The van der Waals surface area contributed by atoms with E-state index in [0.717, 1.165) is 60.1 Å². The fraction of sp³-hybridized carbons (Fsp3) is 0.484. The van der Waals surface area contributed by atoms with E-state index in [2.05, 4.69) is 19.6 Å². The van der Waals surface area contributed by atoms with E-state index in [1.54, 1.807) is 16.7 Å². The number of aryl methyl sites for hydroxylation is 2. The zero-order valence-corrected chi connectivity index (χ0v) is 23.2. The van der Waals surface area contributed by atoms with Gasteiger partial charge < -0.3 is 18.8 Å². The maximum atomic E-state index is 12.9. The Bertz CT molecular complexity index is 1210. The molecule has 1 aliphatic rings. The Balaban J connectivity index is 2.17. The quantitative estimate of drug-likeness (QED) is 0.217. The Morgan fingerprint density at radius 3 is 2.57 bits per heavy atom. The molecule has 2 aromatic rings. The van der Waals surface area contributed by atoms with Crippen LogP contribution in [-0.2, 0) is 27.2 Å². The highest BCUT2D eigenvalue weighted by Crippen LogP contribution is 2.38. The van der Waals surface area contributed by atoms with Crippen LogP contribution in [0.15, 0.2) is 53.5 Å². The third-order valence-electron chi connectivity index (χ3n) is 6.51. The van der Waals surface area contributed by atoms with Crippen LogP contribution in [0.3, 0.4) is 0 Å². The van der Waals surface area contributed by atoms with Gasteiger partial charge in [0.25, 0.3) is 5.56 Å². The Morgan fingerprint density at radius 2 is 1.89 bits per heavy atom. The lowest BCUT2D eigenvalue weighted by molar-refractivity contribution is -0.159. The van der Waals surface area contributed by atoms with Crippen LogP contribution in [0.25, 0.3) is 11.1 Å². The Hall–Kier alpha value is -3.12. The number of carbonyl (C=O) groups excluding carboxylic acids is 1. The molecule has 6 nitrogen and oxygen atoms in total. The summed E-state index contributed by atoms with van der Waals surface area (Å²) in [5, 5.41) is 0. The molecule has 0 bridgehead atoms. The summed E-state index contributed by atoms with van der Waals surface area (Å²) in [4.78, 5) is 25.5. The van der Waals surface area contributed by atoms with Gasteiger partial charge in [-0.15, -0.1) is 0 Å². The van der Waals surface area contributed by atoms with Crippen LogP contribution in [0, 0.1) is 0 Å². The first-order chi connectivity index (χ1) is 17.6. The number of esters is 1. The molecule has 0 spiro atoms. The van der Waals surface area contributed by atoms with Gasteiger partial charge in [0.05, 0.1) is 19.3 Å². The van der Waals surface area contributed by atoms with Crippen molar-refractivity contribution in [3.8, 4) is 5.75 Å². The SMILES string of the molecule is C=C(/C(=C(\C)C(OC(C)(C)C)C(=O)OC)c1ccc2c(c1)CCCO2)c1ccc(=O)n(CCCCC)c1. The molecule has 1 atom stereocenters. The van der Waals surface area contributed by atoms with E-state index in [1.807, 2.05) is 46.0 Å². The van der Waals surface area contributed by atoms with Crippen LogP contribution in [0.1, 0.15) is 77.0 Å². The van der Waals surface area contributed by atoms with Crippen molar-refractivity contribution in [3.63, 3.8) is 0 Å². The summed E-state index contributed by atoms with van der Waals surface area (Å²) in [6, 6.07) is 9.48. The highest BCUT2D eigenvalue weighted by atomic mass is 16.6. The van der Waals surface area contributed by atoms with E-state index in [4.69, 9.17) is 14.2 Å². The lowest BCUT2D eigenvalue weighted by Crippen LogP contribution is -2.35. The van der Waals surface area contributed by atoms with Crippen molar-refractivity contribution in [2.75, 3.05) is 13.7 Å². The molecule has 3 rings (SSSR count). The molecule has 1 aromatic heterocycles. The van der Waals surface area contributed by atoms with Crippen LogP contribution < -0.4 is 10.3 Å². The van der Waals surface area contributed by atoms with E-state index in [0.29, 0.717) is 24.3 Å². The molecule has 1 aromatic carbocycles. The van der Waals surface area contributed by atoms with Crippen molar-refractivity contribution in [3.05, 3.63) is 75.7 Å². The maximum absolute atomic E-state index is 12.9. The van der Waals surface area contributed by atoms with E-state index in [1.165, 1.54) is 7.11 Å². The number of allylic oxidation sites excluding steroid dienone is 2. The molecule has 0 aliphatic carbocycles. The summed E-state index contributed by atoms with van der Waals surface area (Å²) in [5.74, 6) is 0.418. The molecule has 6 heteroatoms. The van der Waals surface area contributed by atoms with Crippen LogP contribution in [0.4, 0.5) is 0 Å². The minimum Gasteiger partial charge on any atom is -0.493 e. The van der Waals surface area contributed by atoms with Gasteiger partial charge in [-0.05, 0) is 98.6 Å². The maximum Gasteiger partial charge on any atom is 0.339 e. The Kier molecular flexibility index (Phi) is 9.55. The standard InChI is InChI=1S/C31H41NO5/c1-8-9-10-17-32-20-25(14-16-27(32)33)21(2)28(22(3)29(30(34)35-7)37-31(4,5)6)24-13-15-26-23(19-24)12-11-18-36-26/h13-16,19-20,29H,2,8-12,17-18H2,1,3-7H3/b28-22-. The fourth-order valence-electron chi connectivity index (χ4n) is 4.62. The number of carbonyl (C=O) groups is 1. The normalized spacial score (nSPS) is 14.8. The predicted octanol–water partition coefficient (Wildman–Crippen LogP) is 6.21. The first-order valence-corrected chi connectivity index (χ1v) is 13.2. The second-order valence-corrected chi connectivity index (χ2v) is 10.6. The van der Waals surface area contributed by atoms with Gasteiger partial charge in [-0.2, -0.15) is 0 Å². The second kappa shape index (κ2) is 12.4. The van der Waals surface area contributed by atoms with Gasteiger partial charge >= 0.3 is 5.97 Å². The van der Waals surface area contributed by atoms with Crippen molar-refractivity contribution in [2.24, 2.45) is 0 Å². The molecule has 0 fully saturated rings. The van der Waals surface area contributed by atoms with Gasteiger partial charge in [0.15, 0.2) is 6.10 Å². The van der Waals surface area contributed by atoms with E-state index in [-0.39, 0.29) is 5.56 Å². The van der Waals surface area contributed by atoms with Crippen LogP contribution in [-0.4, -0.2) is 36.0 Å². The second-order valence-electron chi connectivity index (χ2n) is 10.6. The van der Waals surface area contributed by atoms with E-state index in [9.17, 15) is 9.59 Å². The molecular weight excluding hydrogens is 466 g/mol. The third-order valence-corrected chi connectivity index (χ3v) is 6.51. The largest absolute Gasteiger partial charge is 0.493 e. The number of hydrogen-bond acceptors (Lipinski definition) is 5. The molecule has 0 N–H and O–H groups in total.